The Bertz CT molecular complexity index is 1140. The van der Waals surface area contributed by atoms with E-state index in [-0.39, 0.29) is 34.8 Å². The van der Waals surface area contributed by atoms with E-state index in [0.717, 1.165) is 29.9 Å². The maximum atomic E-state index is 14.6. The van der Waals surface area contributed by atoms with Crippen LogP contribution in [-0.4, -0.2) is 47.4 Å². The van der Waals surface area contributed by atoms with Gasteiger partial charge in [0.15, 0.2) is 23.2 Å². The van der Waals surface area contributed by atoms with E-state index in [2.05, 4.69) is 10.3 Å². The summed E-state index contributed by atoms with van der Waals surface area (Å²) < 4.78 is 36.0. The Labute approximate surface area is 214 Å². The summed E-state index contributed by atoms with van der Waals surface area (Å²) in [6.45, 7) is 9.26. The minimum Gasteiger partial charge on any atom is -0.443 e. The van der Waals surface area contributed by atoms with Crippen molar-refractivity contribution < 1.29 is 27.9 Å². The molecular formula is C25H34F2N4O4S. The van der Waals surface area contributed by atoms with Crippen LogP contribution in [0.2, 0.25) is 0 Å². The van der Waals surface area contributed by atoms with Crippen LogP contribution in [0, 0.1) is 23.0 Å². The first-order valence-electron chi connectivity index (χ1n) is 11.6. The highest BCUT2D eigenvalue weighted by Gasteiger charge is 2.27. The topological polar surface area (TPSA) is 93.0 Å². The van der Waals surface area contributed by atoms with E-state index < -0.39 is 41.1 Å². The molecule has 2 rings (SSSR count). The van der Waals surface area contributed by atoms with Gasteiger partial charge in [-0.1, -0.05) is 41.0 Å². The number of rotatable bonds is 9. The van der Waals surface area contributed by atoms with Gasteiger partial charge in [-0.05, 0) is 37.6 Å². The van der Waals surface area contributed by atoms with Gasteiger partial charge < -0.3 is 10.1 Å². The fraction of sp³-hybridized carbons (Fsp3) is 0.520. The van der Waals surface area contributed by atoms with Gasteiger partial charge in [-0.15, -0.1) is 11.3 Å². The number of nitrogens with zero attached hydrogens (tertiary/aromatic N) is 3. The number of thiazole rings is 1. The first kappa shape index (κ1) is 29.3. The number of carbonyl (C=O) groups excluding carboxylic acids is 3. The number of esters is 1. The summed E-state index contributed by atoms with van der Waals surface area (Å²) in [7, 11) is 3.60. The number of benzene rings is 1. The Morgan fingerprint density at radius 3 is 2.33 bits per heavy atom. The second-order valence-corrected chi connectivity index (χ2v) is 10.9. The van der Waals surface area contributed by atoms with Crippen molar-refractivity contribution in [1.29, 1.82) is 0 Å². The van der Waals surface area contributed by atoms with Crippen molar-refractivity contribution in [2.75, 3.05) is 19.4 Å². The molecule has 1 heterocycles. The third-order valence-corrected chi connectivity index (χ3v) is 6.22. The fourth-order valence-electron chi connectivity index (χ4n) is 3.51. The molecule has 2 aromatic rings. The summed E-state index contributed by atoms with van der Waals surface area (Å²) in [5.41, 5.74) is -1.30. The molecule has 0 bridgehead atoms. The van der Waals surface area contributed by atoms with Gasteiger partial charge in [0.25, 0.3) is 5.91 Å². The van der Waals surface area contributed by atoms with Crippen molar-refractivity contribution in [2.45, 2.75) is 60.2 Å². The van der Waals surface area contributed by atoms with Crippen LogP contribution in [0.3, 0.4) is 0 Å². The van der Waals surface area contributed by atoms with E-state index in [9.17, 15) is 23.2 Å². The Morgan fingerprint density at radius 2 is 1.81 bits per heavy atom. The Hall–Kier alpha value is -2.92. The average Bonchev–Trinajstić information content (AvgIpc) is 3.19. The normalized spacial score (nSPS) is 14.0. The van der Waals surface area contributed by atoms with Crippen LogP contribution in [0.1, 0.15) is 57.8 Å². The van der Waals surface area contributed by atoms with Crippen LogP contribution in [0.15, 0.2) is 28.7 Å². The molecule has 0 saturated heterocycles. The highest BCUT2D eigenvalue weighted by Crippen LogP contribution is 2.24. The second-order valence-electron chi connectivity index (χ2n) is 10.1. The molecule has 1 aromatic carbocycles. The quantitative estimate of drug-likeness (QED) is 0.490. The van der Waals surface area contributed by atoms with Crippen LogP contribution in [0.25, 0.3) is 0 Å². The van der Waals surface area contributed by atoms with Gasteiger partial charge in [0.05, 0.1) is 0 Å². The van der Waals surface area contributed by atoms with Crippen LogP contribution in [0.5, 0.6) is 0 Å². The zero-order chi connectivity index (χ0) is 27.2. The largest absolute Gasteiger partial charge is 0.443 e. The zero-order valence-corrected chi connectivity index (χ0v) is 22.5. The van der Waals surface area contributed by atoms with Gasteiger partial charge >= 0.3 is 5.97 Å². The maximum absolute atomic E-state index is 14.6. The monoisotopic (exact) mass is 524 g/mol. The average molecular weight is 525 g/mol. The van der Waals surface area contributed by atoms with Crippen LogP contribution >= 0.6 is 11.3 Å². The lowest BCUT2D eigenvalue weighted by Gasteiger charge is -2.27. The summed E-state index contributed by atoms with van der Waals surface area (Å²) in [6, 6.07) is 1.23. The predicted molar refractivity (Wildman–Crippen MR) is 134 cm³/mol. The van der Waals surface area contributed by atoms with Crippen molar-refractivity contribution in [3.8, 4) is 0 Å². The molecule has 0 saturated carbocycles. The number of carbonyl (C=O) groups is 3. The Morgan fingerprint density at radius 1 is 1.19 bits per heavy atom. The summed E-state index contributed by atoms with van der Waals surface area (Å²) in [6.07, 6.45) is 2.45. The van der Waals surface area contributed by atoms with Crippen LogP contribution < -0.4 is 10.1 Å². The van der Waals surface area contributed by atoms with Crippen molar-refractivity contribution in [3.05, 3.63) is 45.7 Å². The lowest BCUT2D eigenvalue weighted by Crippen LogP contribution is -2.42. The third kappa shape index (κ3) is 8.06. The summed E-state index contributed by atoms with van der Waals surface area (Å²) in [5.74, 6) is -3.90. The number of ether oxygens (including phenoxy) is 1. The highest BCUT2D eigenvalue weighted by atomic mass is 32.1. The zero-order valence-electron chi connectivity index (χ0n) is 21.7. The SMILES string of the molecule is CC[C@H](C)[C@@H](C(=O)OCn1ccsc1=NC(=O)c1cc(F)c(NC(=O)CC(C)(C)C)c(F)c1)N(C)C. The molecule has 8 nitrogen and oxygen atoms in total. The van der Waals surface area contributed by atoms with Gasteiger partial charge in [0.2, 0.25) is 5.91 Å². The number of hydrogen-bond acceptors (Lipinski definition) is 6. The Balaban J connectivity index is 2.19. The standard InChI is InChI=1S/C25H34F2N4O4S/c1-8-15(2)21(30(6)7)23(34)35-14-31-9-10-36-24(31)29-22(33)16-11-17(26)20(18(27)12-16)28-19(32)13-25(3,4)5/h9-12,15,21H,8,13-14H2,1-7H3,(H,28,32)/t15-,21-/m0/s1. The molecule has 36 heavy (non-hydrogen) atoms. The molecule has 0 aliphatic carbocycles. The fourth-order valence-corrected chi connectivity index (χ4v) is 4.23. The summed E-state index contributed by atoms with van der Waals surface area (Å²) >= 11 is 1.10. The summed E-state index contributed by atoms with van der Waals surface area (Å²) in [5, 5.41) is 3.87. The number of likely N-dealkylation sites (N-methyl/N-ethyl adjacent to an activating group) is 1. The minimum atomic E-state index is -1.08. The predicted octanol–water partition coefficient (Wildman–Crippen LogP) is 4.42. The van der Waals surface area contributed by atoms with E-state index in [0.29, 0.717) is 0 Å². The molecule has 0 spiro atoms. The van der Waals surface area contributed by atoms with Crippen molar-refractivity contribution in [2.24, 2.45) is 16.3 Å². The number of nitrogens with one attached hydrogen (secondary N) is 1. The van der Waals surface area contributed by atoms with Crippen LogP contribution in [-0.2, 0) is 21.1 Å². The van der Waals surface area contributed by atoms with E-state index in [1.807, 2.05) is 34.6 Å². The lowest BCUT2D eigenvalue weighted by atomic mass is 9.92. The van der Waals surface area contributed by atoms with E-state index in [1.54, 1.807) is 30.6 Å². The highest BCUT2D eigenvalue weighted by molar-refractivity contribution is 7.07. The molecule has 0 aliphatic rings. The molecule has 0 aliphatic heterocycles. The van der Waals surface area contributed by atoms with Crippen molar-refractivity contribution in [1.82, 2.24) is 9.47 Å². The minimum absolute atomic E-state index is 0.0670. The van der Waals surface area contributed by atoms with E-state index in [1.165, 1.54) is 4.57 Å². The first-order valence-corrected chi connectivity index (χ1v) is 12.5. The van der Waals surface area contributed by atoms with Crippen molar-refractivity contribution in [3.63, 3.8) is 0 Å². The smallest absolute Gasteiger partial charge is 0.325 e. The Kier molecular flexibility index (Phi) is 10.1. The molecule has 2 atom stereocenters. The number of amides is 2. The molecule has 0 unspecified atom stereocenters. The maximum Gasteiger partial charge on any atom is 0.325 e. The third-order valence-electron chi connectivity index (χ3n) is 5.43. The lowest BCUT2D eigenvalue weighted by molar-refractivity contribution is -0.155. The molecule has 11 heteroatoms. The summed E-state index contributed by atoms with van der Waals surface area (Å²) in [4.78, 5) is 43.3. The van der Waals surface area contributed by atoms with Crippen molar-refractivity contribution >= 4 is 34.8 Å². The van der Waals surface area contributed by atoms with Gasteiger partial charge in [-0.25, -0.2) is 8.78 Å². The van der Waals surface area contributed by atoms with Gasteiger partial charge in [0, 0.05) is 23.6 Å². The van der Waals surface area contributed by atoms with E-state index >= 15 is 0 Å². The first-order chi connectivity index (χ1) is 16.7. The molecule has 1 N–H and O–H groups in total. The number of anilines is 1. The number of aromatic nitrogens is 1. The van der Waals surface area contributed by atoms with Gasteiger partial charge in [-0.2, -0.15) is 4.99 Å². The van der Waals surface area contributed by atoms with Crippen LogP contribution in [0.4, 0.5) is 14.5 Å². The number of hydrogen-bond donors (Lipinski definition) is 1. The molecule has 198 valence electrons. The molecule has 0 radical (unpaired) electrons. The molecule has 1 aromatic heterocycles. The number of halogens is 2. The second kappa shape index (κ2) is 12.4. The van der Waals surface area contributed by atoms with Gasteiger partial charge in [-0.3, -0.25) is 23.9 Å². The van der Waals surface area contributed by atoms with E-state index in [4.69, 9.17) is 4.74 Å². The molecule has 0 fully saturated rings. The molecule has 2 amide bonds. The molecular weight excluding hydrogens is 490 g/mol. The van der Waals surface area contributed by atoms with Gasteiger partial charge in [0.1, 0.15) is 11.7 Å².